The quantitative estimate of drug-likeness (QED) is 0.779. The number of halogens is 1. The Kier molecular flexibility index (Phi) is 6.46. The molecule has 0 aromatic heterocycles. The summed E-state index contributed by atoms with van der Waals surface area (Å²) in [5.41, 5.74) is 1.39. The van der Waals surface area contributed by atoms with Crippen LogP contribution in [0.25, 0.3) is 0 Å². The van der Waals surface area contributed by atoms with Gasteiger partial charge in [-0.05, 0) is 42.9 Å². The fourth-order valence-electron chi connectivity index (χ4n) is 1.96. The standard InChI is InChI=1S/C16H26FNO/c1-13(11-14-5-7-15(17)8-6-14)18-12-16(2,3)9-10-19-4/h5-8,13,18H,9-12H2,1-4H3. The number of rotatable bonds is 8. The zero-order chi connectivity index (χ0) is 14.3. The minimum atomic E-state index is -0.176. The van der Waals surface area contributed by atoms with Crippen LogP contribution in [0.2, 0.25) is 0 Å². The number of hydrogen-bond donors (Lipinski definition) is 1. The average molecular weight is 267 g/mol. The normalized spacial score (nSPS) is 13.5. The van der Waals surface area contributed by atoms with Gasteiger partial charge in [-0.2, -0.15) is 0 Å². The molecule has 0 aliphatic carbocycles. The van der Waals surface area contributed by atoms with Gasteiger partial charge in [0.1, 0.15) is 5.82 Å². The van der Waals surface area contributed by atoms with Crippen molar-refractivity contribution in [2.24, 2.45) is 5.41 Å². The van der Waals surface area contributed by atoms with Crippen molar-refractivity contribution in [3.05, 3.63) is 35.6 Å². The minimum absolute atomic E-state index is 0.176. The molecular weight excluding hydrogens is 241 g/mol. The maximum absolute atomic E-state index is 12.8. The van der Waals surface area contributed by atoms with Crippen LogP contribution in [0.4, 0.5) is 4.39 Å². The lowest BCUT2D eigenvalue weighted by molar-refractivity contribution is 0.149. The van der Waals surface area contributed by atoms with E-state index in [1.807, 2.05) is 12.1 Å². The van der Waals surface area contributed by atoms with E-state index in [1.165, 1.54) is 12.1 Å². The van der Waals surface area contributed by atoms with Crippen LogP contribution >= 0.6 is 0 Å². The van der Waals surface area contributed by atoms with Crippen molar-refractivity contribution < 1.29 is 9.13 Å². The van der Waals surface area contributed by atoms with Crippen molar-refractivity contribution in [1.29, 1.82) is 0 Å². The molecule has 108 valence electrons. The molecule has 0 fully saturated rings. The maximum Gasteiger partial charge on any atom is 0.123 e. The summed E-state index contributed by atoms with van der Waals surface area (Å²) in [6.45, 7) is 8.39. The highest BCUT2D eigenvalue weighted by Crippen LogP contribution is 2.19. The Balaban J connectivity index is 2.34. The number of nitrogens with one attached hydrogen (secondary N) is 1. The Hall–Kier alpha value is -0.930. The SMILES string of the molecule is COCCC(C)(C)CNC(C)Cc1ccc(F)cc1. The third-order valence-electron chi connectivity index (χ3n) is 3.37. The topological polar surface area (TPSA) is 21.3 Å². The van der Waals surface area contributed by atoms with E-state index in [0.717, 1.165) is 31.6 Å². The predicted octanol–water partition coefficient (Wildman–Crippen LogP) is 3.41. The third-order valence-corrected chi connectivity index (χ3v) is 3.37. The molecule has 1 atom stereocenters. The van der Waals surface area contributed by atoms with Gasteiger partial charge in [0.05, 0.1) is 0 Å². The molecule has 0 spiro atoms. The molecule has 0 saturated heterocycles. The number of ether oxygens (including phenoxy) is 1. The molecule has 1 rings (SSSR count). The van der Waals surface area contributed by atoms with Crippen LogP contribution in [0.15, 0.2) is 24.3 Å². The second kappa shape index (κ2) is 7.61. The average Bonchev–Trinajstić information content (AvgIpc) is 2.37. The molecule has 19 heavy (non-hydrogen) atoms. The highest BCUT2D eigenvalue weighted by molar-refractivity contribution is 5.16. The summed E-state index contributed by atoms with van der Waals surface area (Å²) >= 11 is 0. The van der Waals surface area contributed by atoms with E-state index in [4.69, 9.17) is 4.74 Å². The molecule has 0 aliphatic heterocycles. The molecule has 0 heterocycles. The van der Waals surface area contributed by atoms with E-state index in [2.05, 4.69) is 26.1 Å². The van der Waals surface area contributed by atoms with E-state index in [-0.39, 0.29) is 11.2 Å². The van der Waals surface area contributed by atoms with Gasteiger partial charge in [-0.3, -0.25) is 0 Å². The van der Waals surface area contributed by atoms with E-state index < -0.39 is 0 Å². The molecule has 0 radical (unpaired) electrons. The number of benzene rings is 1. The lowest BCUT2D eigenvalue weighted by atomic mass is 9.89. The fourth-order valence-corrected chi connectivity index (χ4v) is 1.96. The fraction of sp³-hybridized carbons (Fsp3) is 0.625. The van der Waals surface area contributed by atoms with Gasteiger partial charge >= 0.3 is 0 Å². The Morgan fingerprint density at radius 3 is 2.47 bits per heavy atom. The van der Waals surface area contributed by atoms with Crippen molar-refractivity contribution >= 4 is 0 Å². The van der Waals surface area contributed by atoms with Crippen LogP contribution in [0.5, 0.6) is 0 Å². The van der Waals surface area contributed by atoms with E-state index in [9.17, 15) is 4.39 Å². The summed E-state index contributed by atoms with van der Waals surface area (Å²) in [6.07, 6.45) is 1.96. The Bertz CT molecular complexity index is 362. The van der Waals surface area contributed by atoms with Gasteiger partial charge in [-0.15, -0.1) is 0 Å². The summed E-state index contributed by atoms with van der Waals surface area (Å²) in [4.78, 5) is 0. The molecule has 0 bridgehead atoms. The van der Waals surface area contributed by atoms with E-state index in [1.54, 1.807) is 7.11 Å². The monoisotopic (exact) mass is 267 g/mol. The summed E-state index contributed by atoms with van der Waals surface area (Å²) in [7, 11) is 1.74. The van der Waals surface area contributed by atoms with Gasteiger partial charge in [0.2, 0.25) is 0 Å². The zero-order valence-electron chi connectivity index (χ0n) is 12.5. The molecule has 1 aromatic carbocycles. The Morgan fingerprint density at radius 1 is 1.26 bits per heavy atom. The van der Waals surface area contributed by atoms with Crippen LogP contribution in [-0.4, -0.2) is 26.3 Å². The van der Waals surface area contributed by atoms with Crippen molar-refractivity contribution in [2.75, 3.05) is 20.3 Å². The minimum Gasteiger partial charge on any atom is -0.385 e. The summed E-state index contributed by atoms with van der Waals surface area (Å²) in [6, 6.07) is 7.12. The molecule has 0 aliphatic rings. The molecule has 2 nitrogen and oxygen atoms in total. The lowest BCUT2D eigenvalue weighted by Gasteiger charge is -2.27. The van der Waals surface area contributed by atoms with Gasteiger partial charge in [0.15, 0.2) is 0 Å². The van der Waals surface area contributed by atoms with Crippen LogP contribution in [0.3, 0.4) is 0 Å². The van der Waals surface area contributed by atoms with Gasteiger partial charge in [0.25, 0.3) is 0 Å². The van der Waals surface area contributed by atoms with Crippen molar-refractivity contribution in [1.82, 2.24) is 5.32 Å². The number of methoxy groups -OCH3 is 1. The second-order valence-electron chi connectivity index (χ2n) is 6.02. The highest BCUT2D eigenvalue weighted by atomic mass is 19.1. The maximum atomic E-state index is 12.8. The van der Waals surface area contributed by atoms with Gasteiger partial charge in [0, 0.05) is 26.3 Å². The zero-order valence-corrected chi connectivity index (χ0v) is 12.5. The summed E-state index contributed by atoms with van der Waals surface area (Å²) in [5, 5.41) is 3.55. The Labute approximate surface area is 116 Å². The summed E-state index contributed by atoms with van der Waals surface area (Å²) in [5.74, 6) is -0.176. The largest absolute Gasteiger partial charge is 0.385 e. The van der Waals surface area contributed by atoms with Crippen molar-refractivity contribution in [2.45, 2.75) is 39.7 Å². The van der Waals surface area contributed by atoms with Gasteiger partial charge < -0.3 is 10.1 Å². The lowest BCUT2D eigenvalue weighted by Crippen LogP contribution is -2.37. The third kappa shape index (κ3) is 6.69. The smallest absolute Gasteiger partial charge is 0.123 e. The molecule has 1 N–H and O–H groups in total. The van der Waals surface area contributed by atoms with Crippen LogP contribution in [-0.2, 0) is 11.2 Å². The first kappa shape index (κ1) is 16.1. The first-order chi connectivity index (χ1) is 8.93. The predicted molar refractivity (Wildman–Crippen MR) is 77.8 cm³/mol. The van der Waals surface area contributed by atoms with Crippen molar-refractivity contribution in [3.8, 4) is 0 Å². The summed E-state index contributed by atoms with van der Waals surface area (Å²) < 4.78 is 17.9. The molecule has 0 saturated carbocycles. The molecule has 0 amide bonds. The van der Waals surface area contributed by atoms with Crippen LogP contribution < -0.4 is 5.32 Å². The number of hydrogen-bond acceptors (Lipinski definition) is 2. The van der Waals surface area contributed by atoms with Gasteiger partial charge in [-0.25, -0.2) is 4.39 Å². The molecule has 1 aromatic rings. The second-order valence-corrected chi connectivity index (χ2v) is 6.02. The van der Waals surface area contributed by atoms with E-state index >= 15 is 0 Å². The van der Waals surface area contributed by atoms with Crippen LogP contribution in [0, 0.1) is 11.2 Å². The van der Waals surface area contributed by atoms with Crippen molar-refractivity contribution in [3.63, 3.8) is 0 Å². The first-order valence-corrected chi connectivity index (χ1v) is 6.90. The Morgan fingerprint density at radius 2 is 1.89 bits per heavy atom. The molecule has 1 unspecified atom stereocenters. The van der Waals surface area contributed by atoms with Gasteiger partial charge in [-0.1, -0.05) is 26.0 Å². The first-order valence-electron chi connectivity index (χ1n) is 6.90. The molecular formula is C16H26FNO. The molecule has 3 heteroatoms. The van der Waals surface area contributed by atoms with Crippen LogP contribution in [0.1, 0.15) is 32.8 Å². The highest BCUT2D eigenvalue weighted by Gasteiger charge is 2.18. The van der Waals surface area contributed by atoms with E-state index in [0.29, 0.717) is 6.04 Å².